The van der Waals surface area contributed by atoms with E-state index in [1.807, 2.05) is 13.0 Å². The number of carbonyl (C=O) groups is 1. The van der Waals surface area contributed by atoms with Crippen molar-refractivity contribution in [2.24, 2.45) is 0 Å². The summed E-state index contributed by atoms with van der Waals surface area (Å²) in [6.07, 6.45) is 2.88. The van der Waals surface area contributed by atoms with Crippen LogP contribution in [0.15, 0.2) is 60.1 Å². The fourth-order valence-corrected chi connectivity index (χ4v) is 5.84. The van der Waals surface area contributed by atoms with Crippen LogP contribution in [0.3, 0.4) is 0 Å². The zero-order valence-electron chi connectivity index (χ0n) is 24.8. The minimum absolute atomic E-state index is 0.201. The number of aromatic nitrogens is 2. The molecule has 2 heterocycles. The summed E-state index contributed by atoms with van der Waals surface area (Å²) in [4.78, 5) is 26.2. The molecule has 4 rings (SSSR count). The number of para-hydroxylation sites is 1. The molecule has 2 aromatic carbocycles. The highest BCUT2D eigenvalue weighted by atomic mass is 32.2. The molecule has 0 bridgehead atoms. The number of ether oxygens (including phenoxy) is 1. The normalized spacial score (nSPS) is 14.0. The topological polar surface area (TPSA) is 129 Å². The number of piperazine rings is 1. The van der Waals surface area contributed by atoms with Crippen LogP contribution in [-0.2, 0) is 14.6 Å². The summed E-state index contributed by atoms with van der Waals surface area (Å²) in [6, 6.07) is 10.4. The average molecular weight is 594 g/mol. The maximum Gasteiger partial charge on any atom is 0.247 e. The van der Waals surface area contributed by atoms with Gasteiger partial charge in [0.25, 0.3) is 0 Å². The number of hydrogen-bond acceptors (Lipinski definition) is 10. The predicted octanol–water partition coefficient (Wildman–Crippen LogP) is 4.73. The second-order valence-corrected chi connectivity index (χ2v) is 12.7. The molecule has 1 aliphatic rings. The Morgan fingerprint density at radius 2 is 1.81 bits per heavy atom. The molecule has 1 saturated heterocycles. The molecule has 3 aromatic rings. The molecule has 1 aliphatic heterocycles. The lowest BCUT2D eigenvalue weighted by atomic mass is 10.1. The van der Waals surface area contributed by atoms with Crippen LogP contribution in [0.25, 0.3) is 0 Å². The lowest BCUT2D eigenvalue weighted by Gasteiger charge is -2.36. The van der Waals surface area contributed by atoms with E-state index in [0.717, 1.165) is 44.0 Å². The van der Waals surface area contributed by atoms with Crippen molar-refractivity contribution in [1.29, 1.82) is 0 Å². The molecule has 11 nitrogen and oxygen atoms in total. The fourth-order valence-electron chi connectivity index (χ4n) is 4.63. The lowest BCUT2D eigenvalue weighted by molar-refractivity contribution is -0.111. The highest BCUT2D eigenvalue weighted by Crippen LogP contribution is 2.39. The largest absolute Gasteiger partial charge is 0.494 e. The maximum atomic E-state index is 13.0. The van der Waals surface area contributed by atoms with E-state index in [4.69, 9.17) is 4.74 Å². The number of benzene rings is 2. The van der Waals surface area contributed by atoms with Gasteiger partial charge in [0.15, 0.2) is 9.84 Å². The number of aryl methyl sites for hydroxylation is 1. The predicted molar refractivity (Wildman–Crippen MR) is 168 cm³/mol. The Hall–Kier alpha value is -4.16. The smallest absolute Gasteiger partial charge is 0.247 e. The number of nitrogens with one attached hydrogen (secondary N) is 3. The van der Waals surface area contributed by atoms with Gasteiger partial charge in [0.05, 0.1) is 40.0 Å². The zero-order chi connectivity index (χ0) is 30.4. The lowest BCUT2D eigenvalue weighted by Crippen LogP contribution is -2.46. The van der Waals surface area contributed by atoms with Crippen LogP contribution in [0.1, 0.15) is 26.3 Å². The van der Waals surface area contributed by atoms with Crippen molar-refractivity contribution in [3.63, 3.8) is 0 Å². The molecule has 224 valence electrons. The third-order valence-corrected chi connectivity index (χ3v) is 9.42. The van der Waals surface area contributed by atoms with Gasteiger partial charge >= 0.3 is 0 Å². The van der Waals surface area contributed by atoms with Gasteiger partial charge in [-0.05, 0) is 51.6 Å². The van der Waals surface area contributed by atoms with E-state index in [9.17, 15) is 13.2 Å². The van der Waals surface area contributed by atoms with Gasteiger partial charge in [0, 0.05) is 44.0 Å². The number of nitrogens with zero attached hydrogens (tertiary/aromatic N) is 4. The summed E-state index contributed by atoms with van der Waals surface area (Å²) in [7, 11) is -1.95. The van der Waals surface area contributed by atoms with Gasteiger partial charge in [-0.1, -0.05) is 25.6 Å². The average Bonchev–Trinajstić information content (AvgIpc) is 2.99. The van der Waals surface area contributed by atoms with Crippen LogP contribution < -0.4 is 25.6 Å². The SMILES string of the molecule is C=CC(=O)Nc1cc(Nc2ncc(C)c(Nc3ccccc3S(=O)(=O)C(C)C)n2)c(OC)cc1N1CCN(CC)CC1. The van der Waals surface area contributed by atoms with Gasteiger partial charge < -0.3 is 30.5 Å². The van der Waals surface area contributed by atoms with Crippen LogP contribution in [0.4, 0.5) is 34.5 Å². The first-order valence-electron chi connectivity index (χ1n) is 13.9. The summed E-state index contributed by atoms with van der Waals surface area (Å²) in [5.41, 5.74) is 3.15. The van der Waals surface area contributed by atoms with E-state index in [1.165, 1.54) is 6.08 Å². The van der Waals surface area contributed by atoms with Gasteiger partial charge in [-0.2, -0.15) is 4.98 Å². The Morgan fingerprint density at radius 1 is 1.10 bits per heavy atom. The first-order valence-corrected chi connectivity index (χ1v) is 15.4. The van der Waals surface area contributed by atoms with Crippen molar-refractivity contribution in [1.82, 2.24) is 14.9 Å². The summed E-state index contributed by atoms with van der Waals surface area (Å²) >= 11 is 0. The van der Waals surface area contributed by atoms with E-state index in [1.54, 1.807) is 57.5 Å². The van der Waals surface area contributed by atoms with Crippen molar-refractivity contribution in [2.45, 2.75) is 37.8 Å². The number of rotatable bonds is 11. The molecule has 0 spiro atoms. The summed E-state index contributed by atoms with van der Waals surface area (Å²) in [5, 5.41) is 8.74. The van der Waals surface area contributed by atoms with Crippen LogP contribution >= 0.6 is 0 Å². The van der Waals surface area contributed by atoms with Gasteiger partial charge in [-0.25, -0.2) is 13.4 Å². The molecule has 12 heteroatoms. The molecular weight excluding hydrogens is 554 g/mol. The highest BCUT2D eigenvalue weighted by molar-refractivity contribution is 7.92. The molecule has 0 aliphatic carbocycles. The van der Waals surface area contributed by atoms with E-state index in [2.05, 4.69) is 49.2 Å². The minimum atomic E-state index is -3.53. The molecule has 1 aromatic heterocycles. The van der Waals surface area contributed by atoms with Crippen LogP contribution in [0.2, 0.25) is 0 Å². The van der Waals surface area contributed by atoms with Crippen LogP contribution in [0.5, 0.6) is 5.75 Å². The maximum absolute atomic E-state index is 13.0. The Morgan fingerprint density at radius 3 is 2.45 bits per heavy atom. The second kappa shape index (κ2) is 13.2. The zero-order valence-corrected chi connectivity index (χ0v) is 25.6. The summed E-state index contributed by atoms with van der Waals surface area (Å²) < 4.78 is 31.7. The van der Waals surface area contributed by atoms with Crippen LogP contribution in [0, 0.1) is 6.92 Å². The fraction of sp³-hybridized carbons (Fsp3) is 0.367. The number of likely N-dealkylation sites (N-methyl/N-ethyl adjacent to an activating group) is 1. The molecule has 1 amide bonds. The highest BCUT2D eigenvalue weighted by Gasteiger charge is 2.24. The molecule has 1 fully saturated rings. The minimum Gasteiger partial charge on any atom is -0.494 e. The van der Waals surface area contributed by atoms with E-state index >= 15 is 0 Å². The molecule has 0 saturated carbocycles. The number of amides is 1. The molecular formula is C30H39N7O4S. The van der Waals surface area contributed by atoms with E-state index in [0.29, 0.717) is 28.6 Å². The summed E-state index contributed by atoms with van der Waals surface area (Å²) in [6.45, 7) is 15.3. The standard InChI is InChI=1S/C30H39N7O4S/c1-7-28(38)32-23-17-24(26(41-6)18-25(23)37-15-13-36(8-2)14-16-37)34-30-31-19-21(5)29(35-30)33-22-11-9-10-12-27(22)42(39,40)20(3)4/h7,9-12,17-20H,1,8,13-16H2,2-6H3,(H,32,38)(H2,31,33,34,35). The second-order valence-electron chi connectivity index (χ2n) is 10.2. The Bertz CT molecular complexity index is 1550. The molecule has 0 unspecified atom stereocenters. The third kappa shape index (κ3) is 6.82. The summed E-state index contributed by atoms with van der Waals surface area (Å²) in [5.74, 6) is 0.929. The van der Waals surface area contributed by atoms with Gasteiger partial charge in [0.1, 0.15) is 11.6 Å². The van der Waals surface area contributed by atoms with Crippen molar-refractivity contribution in [3.8, 4) is 5.75 Å². The Labute approximate surface area is 247 Å². The Kier molecular flexibility index (Phi) is 9.69. The number of hydrogen-bond donors (Lipinski definition) is 3. The third-order valence-electron chi connectivity index (χ3n) is 7.21. The first kappa shape index (κ1) is 30.8. The molecule has 42 heavy (non-hydrogen) atoms. The van der Waals surface area contributed by atoms with Gasteiger partial charge in [0.2, 0.25) is 11.9 Å². The van der Waals surface area contributed by atoms with Crippen molar-refractivity contribution >= 4 is 50.3 Å². The van der Waals surface area contributed by atoms with Crippen molar-refractivity contribution < 1.29 is 17.9 Å². The quantitative estimate of drug-likeness (QED) is 0.268. The van der Waals surface area contributed by atoms with E-state index < -0.39 is 15.1 Å². The number of methoxy groups -OCH3 is 1. The number of sulfone groups is 1. The van der Waals surface area contributed by atoms with Gasteiger partial charge in [-0.15, -0.1) is 0 Å². The number of anilines is 6. The van der Waals surface area contributed by atoms with Crippen molar-refractivity contribution in [2.75, 3.05) is 60.7 Å². The van der Waals surface area contributed by atoms with Gasteiger partial charge in [-0.3, -0.25) is 4.79 Å². The first-order chi connectivity index (χ1) is 20.1. The Balaban J connectivity index is 1.68. The molecule has 3 N–H and O–H groups in total. The number of carbonyl (C=O) groups excluding carboxylic acids is 1. The van der Waals surface area contributed by atoms with E-state index in [-0.39, 0.29) is 16.8 Å². The molecule has 0 radical (unpaired) electrons. The van der Waals surface area contributed by atoms with Crippen LogP contribution in [-0.4, -0.2) is 74.3 Å². The van der Waals surface area contributed by atoms with Crippen molar-refractivity contribution in [3.05, 3.63) is 60.8 Å². The monoisotopic (exact) mass is 593 g/mol. The molecule has 0 atom stereocenters.